The Bertz CT molecular complexity index is 721. The molecular weight excluding hydrogens is 332 g/mol. The molecule has 0 saturated carbocycles. The fraction of sp³-hybridized carbons (Fsp3) is 0.550. The minimum absolute atomic E-state index is 0.0445. The lowest BCUT2D eigenvalue weighted by Crippen LogP contribution is -2.49. The average molecular weight is 358 g/mol. The van der Waals surface area contributed by atoms with Crippen molar-refractivity contribution >= 4 is 23.3 Å². The van der Waals surface area contributed by atoms with Gasteiger partial charge in [0.1, 0.15) is 5.75 Å². The highest BCUT2D eigenvalue weighted by Crippen LogP contribution is 2.33. The summed E-state index contributed by atoms with van der Waals surface area (Å²) in [6, 6.07) is 5.55. The Morgan fingerprint density at radius 3 is 2.54 bits per heavy atom. The fourth-order valence-electron chi connectivity index (χ4n) is 3.92. The highest BCUT2D eigenvalue weighted by atomic mass is 16.5. The van der Waals surface area contributed by atoms with Crippen molar-refractivity contribution in [1.29, 1.82) is 0 Å². The predicted octanol–water partition coefficient (Wildman–Crippen LogP) is 2.79. The second-order valence-electron chi connectivity index (χ2n) is 7.25. The number of fused-ring (bicyclic) bond motifs is 1. The van der Waals surface area contributed by atoms with Crippen LogP contribution in [-0.2, 0) is 9.59 Å². The number of rotatable bonds is 4. The van der Waals surface area contributed by atoms with Crippen LogP contribution in [0.2, 0.25) is 0 Å². The van der Waals surface area contributed by atoms with Gasteiger partial charge in [0.25, 0.3) is 5.91 Å². The molecule has 0 N–H and O–H groups in total. The second kappa shape index (κ2) is 7.48. The first-order valence-corrected chi connectivity index (χ1v) is 9.27. The standard InChI is InChI=1S/C20H26N2O4/c1-13-5-4-6-14(2)22(13)19(24)9-10-21-17-11-16(15(3)23)7-8-18(17)26-12-20(21)25/h7-8,11,13-14H,4-6,9-10,12H2,1-3H3. The monoisotopic (exact) mass is 358 g/mol. The lowest BCUT2D eigenvalue weighted by atomic mass is 9.97. The largest absolute Gasteiger partial charge is 0.482 e. The molecule has 2 aliphatic heterocycles. The summed E-state index contributed by atoms with van der Waals surface area (Å²) in [5.41, 5.74) is 1.10. The van der Waals surface area contributed by atoms with E-state index in [9.17, 15) is 14.4 Å². The molecule has 2 atom stereocenters. The molecule has 26 heavy (non-hydrogen) atoms. The van der Waals surface area contributed by atoms with Crippen LogP contribution in [0.5, 0.6) is 5.75 Å². The molecule has 1 saturated heterocycles. The number of hydrogen-bond donors (Lipinski definition) is 0. The van der Waals surface area contributed by atoms with Crippen LogP contribution in [-0.4, -0.2) is 47.7 Å². The minimum Gasteiger partial charge on any atom is -0.482 e. The first-order valence-electron chi connectivity index (χ1n) is 9.27. The molecule has 0 aliphatic carbocycles. The van der Waals surface area contributed by atoms with E-state index in [0.29, 0.717) is 23.5 Å². The number of likely N-dealkylation sites (tertiary alicyclic amines) is 1. The highest BCUT2D eigenvalue weighted by molar-refractivity contribution is 6.01. The summed E-state index contributed by atoms with van der Waals surface area (Å²) in [7, 11) is 0. The number of piperidine rings is 1. The Balaban J connectivity index is 1.75. The second-order valence-corrected chi connectivity index (χ2v) is 7.25. The number of hydrogen-bond acceptors (Lipinski definition) is 4. The smallest absolute Gasteiger partial charge is 0.265 e. The van der Waals surface area contributed by atoms with Gasteiger partial charge in [-0.3, -0.25) is 14.4 Å². The van der Waals surface area contributed by atoms with Crippen molar-refractivity contribution in [2.45, 2.75) is 58.5 Å². The van der Waals surface area contributed by atoms with Gasteiger partial charge in [-0.25, -0.2) is 0 Å². The Morgan fingerprint density at radius 2 is 1.88 bits per heavy atom. The van der Waals surface area contributed by atoms with E-state index in [1.165, 1.54) is 6.92 Å². The zero-order chi connectivity index (χ0) is 18.8. The molecule has 2 amide bonds. The minimum atomic E-state index is -0.189. The molecule has 2 aliphatic rings. The molecule has 1 fully saturated rings. The van der Waals surface area contributed by atoms with E-state index in [4.69, 9.17) is 4.74 Å². The van der Waals surface area contributed by atoms with Gasteiger partial charge in [-0.15, -0.1) is 0 Å². The number of ether oxygens (including phenoxy) is 1. The quantitative estimate of drug-likeness (QED) is 0.776. The third-order valence-electron chi connectivity index (χ3n) is 5.34. The van der Waals surface area contributed by atoms with E-state index < -0.39 is 0 Å². The number of carbonyl (C=O) groups is 3. The number of nitrogens with zero attached hydrogens (tertiary/aromatic N) is 2. The van der Waals surface area contributed by atoms with Crippen molar-refractivity contribution in [3.63, 3.8) is 0 Å². The Hall–Kier alpha value is -2.37. The number of carbonyl (C=O) groups excluding carboxylic acids is 3. The Labute approximate surface area is 154 Å². The zero-order valence-corrected chi connectivity index (χ0v) is 15.7. The number of benzene rings is 1. The lowest BCUT2D eigenvalue weighted by Gasteiger charge is -2.39. The zero-order valence-electron chi connectivity index (χ0n) is 15.7. The molecule has 0 bridgehead atoms. The first-order chi connectivity index (χ1) is 12.4. The van der Waals surface area contributed by atoms with Crippen LogP contribution in [0, 0.1) is 0 Å². The lowest BCUT2D eigenvalue weighted by molar-refractivity contribution is -0.137. The third kappa shape index (κ3) is 3.59. The summed E-state index contributed by atoms with van der Waals surface area (Å²) in [4.78, 5) is 40.3. The molecule has 0 spiro atoms. The van der Waals surface area contributed by atoms with E-state index >= 15 is 0 Å². The first kappa shape index (κ1) is 18.4. The number of anilines is 1. The summed E-state index contributed by atoms with van der Waals surface area (Å²) < 4.78 is 5.46. The van der Waals surface area contributed by atoms with Gasteiger partial charge in [-0.1, -0.05) is 0 Å². The van der Waals surface area contributed by atoms with Crippen LogP contribution < -0.4 is 9.64 Å². The molecule has 2 heterocycles. The predicted molar refractivity (Wildman–Crippen MR) is 98.5 cm³/mol. The van der Waals surface area contributed by atoms with Gasteiger partial charge >= 0.3 is 0 Å². The van der Waals surface area contributed by atoms with Crippen molar-refractivity contribution in [2.75, 3.05) is 18.1 Å². The van der Waals surface area contributed by atoms with Gasteiger partial charge in [-0.2, -0.15) is 0 Å². The summed E-state index contributed by atoms with van der Waals surface area (Å²) in [5.74, 6) is 0.388. The maximum Gasteiger partial charge on any atom is 0.265 e. The normalized spacial score (nSPS) is 22.7. The molecule has 3 rings (SSSR count). The van der Waals surface area contributed by atoms with Gasteiger partial charge in [0.15, 0.2) is 12.4 Å². The van der Waals surface area contributed by atoms with Crippen LogP contribution in [0.25, 0.3) is 0 Å². The molecule has 6 heteroatoms. The van der Waals surface area contributed by atoms with Gasteiger partial charge < -0.3 is 14.5 Å². The van der Waals surface area contributed by atoms with Crippen molar-refractivity contribution in [3.8, 4) is 5.75 Å². The van der Waals surface area contributed by atoms with Crippen LogP contribution in [0.1, 0.15) is 56.8 Å². The molecule has 2 unspecified atom stereocenters. The van der Waals surface area contributed by atoms with E-state index in [-0.39, 0.29) is 42.7 Å². The fourth-order valence-corrected chi connectivity index (χ4v) is 3.92. The summed E-state index contributed by atoms with van der Waals surface area (Å²) >= 11 is 0. The molecule has 0 aromatic heterocycles. The van der Waals surface area contributed by atoms with Crippen LogP contribution in [0.3, 0.4) is 0 Å². The van der Waals surface area contributed by atoms with E-state index in [0.717, 1.165) is 19.3 Å². The van der Waals surface area contributed by atoms with Crippen LogP contribution in [0.15, 0.2) is 18.2 Å². The summed E-state index contributed by atoms with van der Waals surface area (Å²) in [5, 5.41) is 0. The van der Waals surface area contributed by atoms with E-state index in [1.54, 1.807) is 23.1 Å². The topological polar surface area (TPSA) is 66.9 Å². The molecular formula is C20H26N2O4. The molecule has 1 aromatic rings. The van der Waals surface area contributed by atoms with Crippen molar-refractivity contribution in [1.82, 2.24) is 4.90 Å². The summed E-state index contributed by atoms with van der Waals surface area (Å²) in [6.45, 7) is 5.91. The van der Waals surface area contributed by atoms with Crippen LogP contribution in [0.4, 0.5) is 5.69 Å². The average Bonchev–Trinajstić information content (AvgIpc) is 2.60. The maximum absolute atomic E-state index is 12.8. The molecule has 6 nitrogen and oxygen atoms in total. The molecule has 1 aromatic carbocycles. The number of amides is 2. The summed E-state index contributed by atoms with van der Waals surface area (Å²) in [6.07, 6.45) is 3.47. The third-order valence-corrected chi connectivity index (χ3v) is 5.34. The number of ketones is 1. The Kier molecular flexibility index (Phi) is 5.30. The van der Waals surface area contributed by atoms with Gasteiger partial charge in [0.2, 0.25) is 5.91 Å². The highest BCUT2D eigenvalue weighted by Gasteiger charge is 2.31. The van der Waals surface area contributed by atoms with Gasteiger partial charge in [0.05, 0.1) is 5.69 Å². The van der Waals surface area contributed by atoms with Gasteiger partial charge in [-0.05, 0) is 58.2 Å². The molecule has 0 radical (unpaired) electrons. The van der Waals surface area contributed by atoms with E-state index in [2.05, 4.69) is 13.8 Å². The van der Waals surface area contributed by atoms with Crippen molar-refractivity contribution in [3.05, 3.63) is 23.8 Å². The van der Waals surface area contributed by atoms with Crippen LogP contribution >= 0.6 is 0 Å². The van der Waals surface area contributed by atoms with Crippen molar-refractivity contribution < 1.29 is 19.1 Å². The SMILES string of the molecule is CC(=O)c1ccc2c(c1)N(CCC(=O)N1C(C)CCCC1C)C(=O)CO2. The van der Waals surface area contributed by atoms with Gasteiger partial charge in [0, 0.05) is 30.6 Å². The Morgan fingerprint density at radius 1 is 1.19 bits per heavy atom. The van der Waals surface area contributed by atoms with Crippen molar-refractivity contribution in [2.24, 2.45) is 0 Å². The maximum atomic E-state index is 12.8. The number of Topliss-reactive ketones (excluding diaryl/α,β-unsaturated/α-hetero) is 1. The van der Waals surface area contributed by atoms with E-state index in [1.807, 2.05) is 4.90 Å². The molecule has 140 valence electrons.